The highest BCUT2D eigenvalue weighted by atomic mass is 16.7. The minimum Gasteiger partial charge on any atom is -0.497 e. The van der Waals surface area contributed by atoms with E-state index in [9.17, 15) is 9.90 Å². The first kappa shape index (κ1) is 18.5. The summed E-state index contributed by atoms with van der Waals surface area (Å²) in [6.45, 7) is 8.00. The van der Waals surface area contributed by atoms with Crippen LogP contribution in [-0.4, -0.2) is 43.1 Å². The molecule has 130 valence electrons. The molecular weight excluding hydrogens is 309 g/mol. The summed E-state index contributed by atoms with van der Waals surface area (Å²) < 4.78 is 17.2. The van der Waals surface area contributed by atoms with E-state index in [2.05, 4.69) is 0 Å². The standard InChI is InChI=1S/C17H24BNO5/c1-16(2)17(3,4)24-18(23-16)12(10-19)8-11-9-13(22-5)6-7-14(11)15(20)21/h6-9H,10,19H2,1-5H3,(H,20,21). The third-order valence-corrected chi connectivity index (χ3v) is 4.62. The maximum Gasteiger partial charge on any atom is 0.491 e. The maximum atomic E-state index is 11.5. The second-order valence-electron chi connectivity index (χ2n) is 6.77. The predicted molar refractivity (Wildman–Crippen MR) is 93.1 cm³/mol. The van der Waals surface area contributed by atoms with E-state index in [0.717, 1.165) is 0 Å². The molecule has 0 aliphatic carbocycles. The van der Waals surface area contributed by atoms with Crippen LogP contribution in [-0.2, 0) is 9.31 Å². The van der Waals surface area contributed by atoms with Crippen molar-refractivity contribution in [3.63, 3.8) is 0 Å². The lowest BCUT2D eigenvalue weighted by atomic mass is 9.77. The molecule has 0 bridgehead atoms. The number of carboxylic acid groups (broad SMARTS) is 1. The second kappa shape index (κ2) is 6.59. The SMILES string of the molecule is COc1ccc(C(=O)O)c(C=C(CN)B2OC(C)(C)C(C)(C)O2)c1. The summed E-state index contributed by atoms with van der Waals surface area (Å²) in [7, 11) is 0.911. The monoisotopic (exact) mass is 333 g/mol. The van der Waals surface area contributed by atoms with Crippen LogP contribution in [0.15, 0.2) is 23.7 Å². The van der Waals surface area contributed by atoms with Crippen molar-refractivity contribution in [3.8, 4) is 5.75 Å². The van der Waals surface area contributed by atoms with Crippen LogP contribution < -0.4 is 10.5 Å². The molecular formula is C17H24BNO5. The van der Waals surface area contributed by atoms with Gasteiger partial charge in [-0.2, -0.15) is 0 Å². The summed E-state index contributed by atoms with van der Waals surface area (Å²) in [5.41, 5.74) is 6.22. The van der Waals surface area contributed by atoms with Gasteiger partial charge in [0, 0.05) is 6.54 Å². The summed E-state index contributed by atoms with van der Waals surface area (Å²) >= 11 is 0. The maximum absolute atomic E-state index is 11.5. The molecule has 1 aliphatic heterocycles. The third-order valence-electron chi connectivity index (χ3n) is 4.62. The van der Waals surface area contributed by atoms with Crippen LogP contribution >= 0.6 is 0 Å². The number of benzene rings is 1. The normalized spacial score (nSPS) is 19.4. The Balaban J connectivity index is 2.43. The van der Waals surface area contributed by atoms with Gasteiger partial charge in [-0.3, -0.25) is 0 Å². The first-order valence-electron chi connectivity index (χ1n) is 7.79. The topological polar surface area (TPSA) is 91.0 Å². The van der Waals surface area contributed by atoms with Gasteiger partial charge in [0.15, 0.2) is 0 Å². The highest BCUT2D eigenvalue weighted by molar-refractivity contribution is 6.56. The molecule has 1 heterocycles. The van der Waals surface area contributed by atoms with Gasteiger partial charge in [-0.15, -0.1) is 0 Å². The molecule has 24 heavy (non-hydrogen) atoms. The number of nitrogens with two attached hydrogens (primary N) is 1. The van der Waals surface area contributed by atoms with E-state index in [1.54, 1.807) is 18.2 Å². The van der Waals surface area contributed by atoms with Gasteiger partial charge in [-0.05, 0) is 56.9 Å². The fourth-order valence-electron chi connectivity index (χ4n) is 2.40. The molecule has 1 aromatic rings. The molecule has 0 radical (unpaired) electrons. The third kappa shape index (κ3) is 3.48. The van der Waals surface area contributed by atoms with Crippen LogP contribution in [0.2, 0.25) is 0 Å². The molecule has 0 amide bonds. The highest BCUT2D eigenvalue weighted by Gasteiger charge is 2.52. The van der Waals surface area contributed by atoms with Crippen molar-refractivity contribution >= 4 is 19.2 Å². The zero-order valence-corrected chi connectivity index (χ0v) is 14.8. The van der Waals surface area contributed by atoms with Gasteiger partial charge in [0.2, 0.25) is 0 Å². The van der Waals surface area contributed by atoms with Crippen LogP contribution in [0.25, 0.3) is 6.08 Å². The molecule has 1 saturated heterocycles. The van der Waals surface area contributed by atoms with Crippen molar-refractivity contribution in [2.45, 2.75) is 38.9 Å². The van der Waals surface area contributed by atoms with Crippen molar-refractivity contribution < 1.29 is 23.9 Å². The number of aromatic carboxylic acids is 1. The second-order valence-corrected chi connectivity index (χ2v) is 6.77. The molecule has 0 aromatic heterocycles. The lowest BCUT2D eigenvalue weighted by Gasteiger charge is -2.32. The van der Waals surface area contributed by atoms with Gasteiger partial charge in [-0.1, -0.05) is 6.08 Å². The molecule has 3 N–H and O–H groups in total. The van der Waals surface area contributed by atoms with Gasteiger partial charge >= 0.3 is 13.1 Å². The first-order valence-corrected chi connectivity index (χ1v) is 7.79. The Labute approximate surface area is 142 Å². The Morgan fingerprint density at radius 1 is 1.29 bits per heavy atom. The van der Waals surface area contributed by atoms with Gasteiger partial charge in [-0.25, -0.2) is 4.79 Å². The number of methoxy groups -OCH3 is 1. The molecule has 1 aromatic carbocycles. The minimum absolute atomic E-state index is 0.165. The number of hydrogen-bond acceptors (Lipinski definition) is 5. The Bertz CT molecular complexity index is 653. The molecule has 7 heteroatoms. The Kier molecular flexibility index (Phi) is 5.08. The van der Waals surface area contributed by atoms with Gasteiger partial charge < -0.3 is 24.9 Å². The zero-order chi connectivity index (χ0) is 18.1. The van der Waals surface area contributed by atoms with Crippen LogP contribution in [0.5, 0.6) is 5.75 Å². The van der Waals surface area contributed by atoms with E-state index in [1.165, 1.54) is 13.2 Å². The van der Waals surface area contributed by atoms with Crippen LogP contribution in [0.4, 0.5) is 0 Å². The van der Waals surface area contributed by atoms with E-state index < -0.39 is 24.3 Å². The number of carboxylic acids is 1. The molecule has 0 atom stereocenters. The lowest BCUT2D eigenvalue weighted by Crippen LogP contribution is -2.41. The Morgan fingerprint density at radius 2 is 1.88 bits per heavy atom. The van der Waals surface area contributed by atoms with E-state index in [1.807, 2.05) is 27.7 Å². The van der Waals surface area contributed by atoms with E-state index in [4.69, 9.17) is 19.8 Å². The summed E-state index contributed by atoms with van der Waals surface area (Å²) in [4.78, 5) is 11.5. The quantitative estimate of drug-likeness (QED) is 0.804. The number of hydrogen-bond donors (Lipinski definition) is 2. The largest absolute Gasteiger partial charge is 0.497 e. The summed E-state index contributed by atoms with van der Waals surface area (Å²) in [6, 6.07) is 4.77. The summed E-state index contributed by atoms with van der Waals surface area (Å²) in [5.74, 6) is -0.453. The average molecular weight is 333 g/mol. The van der Waals surface area contributed by atoms with Crippen molar-refractivity contribution in [2.24, 2.45) is 5.73 Å². The molecule has 1 fully saturated rings. The Morgan fingerprint density at radius 3 is 2.33 bits per heavy atom. The van der Waals surface area contributed by atoms with Gasteiger partial charge in [0.25, 0.3) is 0 Å². The molecule has 0 unspecified atom stereocenters. The average Bonchev–Trinajstić information content (AvgIpc) is 2.72. The highest BCUT2D eigenvalue weighted by Crippen LogP contribution is 2.38. The minimum atomic E-state index is -1.02. The Hall–Kier alpha value is -1.83. The van der Waals surface area contributed by atoms with Crippen molar-refractivity contribution in [1.82, 2.24) is 0 Å². The summed E-state index contributed by atoms with van der Waals surface area (Å²) in [6.07, 6.45) is 1.70. The molecule has 0 spiro atoms. The van der Waals surface area contributed by atoms with Crippen LogP contribution in [0, 0.1) is 0 Å². The fourth-order valence-corrected chi connectivity index (χ4v) is 2.40. The first-order chi connectivity index (χ1) is 11.1. The number of ether oxygens (including phenoxy) is 1. The van der Waals surface area contributed by atoms with Gasteiger partial charge in [0.1, 0.15) is 5.75 Å². The van der Waals surface area contributed by atoms with E-state index in [0.29, 0.717) is 16.8 Å². The molecule has 1 aliphatic rings. The van der Waals surface area contributed by atoms with E-state index in [-0.39, 0.29) is 12.1 Å². The number of carbonyl (C=O) groups is 1. The fraction of sp³-hybridized carbons (Fsp3) is 0.471. The lowest BCUT2D eigenvalue weighted by molar-refractivity contribution is 0.00578. The molecule has 0 saturated carbocycles. The summed E-state index contributed by atoms with van der Waals surface area (Å²) in [5, 5.41) is 9.38. The number of rotatable bonds is 5. The van der Waals surface area contributed by atoms with Crippen molar-refractivity contribution in [1.29, 1.82) is 0 Å². The zero-order valence-electron chi connectivity index (χ0n) is 14.8. The van der Waals surface area contributed by atoms with Crippen LogP contribution in [0.3, 0.4) is 0 Å². The van der Waals surface area contributed by atoms with Gasteiger partial charge in [0.05, 0.1) is 23.9 Å². The smallest absolute Gasteiger partial charge is 0.491 e. The molecule has 6 nitrogen and oxygen atoms in total. The van der Waals surface area contributed by atoms with E-state index >= 15 is 0 Å². The molecule has 2 rings (SSSR count). The van der Waals surface area contributed by atoms with Crippen molar-refractivity contribution in [2.75, 3.05) is 13.7 Å². The van der Waals surface area contributed by atoms with Crippen molar-refractivity contribution in [3.05, 3.63) is 34.8 Å². The van der Waals surface area contributed by atoms with Crippen LogP contribution in [0.1, 0.15) is 43.6 Å². The predicted octanol–water partition coefficient (Wildman–Crippen LogP) is 2.37.